The van der Waals surface area contributed by atoms with Crippen molar-refractivity contribution < 1.29 is 5.11 Å². The normalized spacial score (nSPS) is 20.9. The highest BCUT2D eigenvalue weighted by Gasteiger charge is 2.20. The summed E-state index contributed by atoms with van der Waals surface area (Å²) in [5, 5.41) is 18.1. The molecule has 72 valence electrons. The quantitative estimate of drug-likeness (QED) is 0.699. The van der Waals surface area contributed by atoms with Gasteiger partial charge >= 0.3 is 0 Å². The number of nitriles is 1. The van der Waals surface area contributed by atoms with Crippen molar-refractivity contribution in [1.82, 2.24) is 4.98 Å². The lowest BCUT2D eigenvalue weighted by Gasteiger charge is -2.16. The largest absolute Gasteiger partial charge is 0.391 e. The molecule has 0 saturated carbocycles. The summed E-state index contributed by atoms with van der Waals surface area (Å²) in [6.07, 6.45) is 3.80. The van der Waals surface area contributed by atoms with Crippen LogP contribution in [0.3, 0.4) is 0 Å². The molecule has 1 N–H and O–H groups in total. The van der Waals surface area contributed by atoms with E-state index >= 15 is 0 Å². The molecule has 1 unspecified atom stereocenters. The van der Waals surface area contributed by atoms with Crippen LogP contribution >= 0.6 is 0 Å². The van der Waals surface area contributed by atoms with Gasteiger partial charge in [0.1, 0.15) is 6.07 Å². The zero-order chi connectivity index (χ0) is 9.97. The predicted molar refractivity (Wildman–Crippen MR) is 51.8 cm³/mol. The average molecular weight is 189 g/mol. The Labute approximate surface area is 82.4 Å². The molecule has 0 radical (unpaired) electrons. The first kappa shape index (κ1) is 8.97. The summed E-state index contributed by atoms with van der Waals surface area (Å²) in [5.74, 6) is 0. The molecule has 1 aliphatic heterocycles. The number of hydrogen-bond acceptors (Lipinski definition) is 4. The summed E-state index contributed by atoms with van der Waals surface area (Å²) in [7, 11) is 0. The molecule has 0 aliphatic carbocycles. The number of aliphatic hydroxyl groups is 1. The van der Waals surface area contributed by atoms with Gasteiger partial charge in [-0.3, -0.25) is 4.98 Å². The minimum absolute atomic E-state index is 0.249. The summed E-state index contributed by atoms with van der Waals surface area (Å²) >= 11 is 0. The van der Waals surface area contributed by atoms with Crippen LogP contribution in [0.2, 0.25) is 0 Å². The molecule has 1 aromatic rings. The second-order valence-electron chi connectivity index (χ2n) is 3.43. The monoisotopic (exact) mass is 189 g/mol. The second kappa shape index (κ2) is 3.64. The average Bonchev–Trinajstić information content (AvgIpc) is 2.65. The zero-order valence-corrected chi connectivity index (χ0v) is 7.72. The Morgan fingerprint density at radius 2 is 2.43 bits per heavy atom. The lowest BCUT2D eigenvalue weighted by atomic mass is 10.3. The lowest BCUT2D eigenvalue weighted by Crippen LogP contribution is -2.21. The summed E-state index contributed by atoms with van der Waals surface area (Å²) < 4.78 is 0. The molecule has 1 saturated heterocycles. The van der Waals surface area contributed by atoms with Crippen molar-refractivity contribution in [2.24, 2.45) is 0 Å². The number of rotatable bonds is 1. The van der Waals surface area contributed by atoms with Crippen molar-refractivity contribution in [1.29, 1.82) is 5.26 Å². The first-order chi connectivity index (χ1) is 6.79. The van der Waals surface area contributed by atoms with Crippen LogP contribution < -0.4 is 4.90 Å². The highest BCUT2D eigenvalue weighted by molar-refractivity contribution is 5.49. The van der Waals surface area contributed by atoms with Gasteiger partial charge < -0.3 is 10.0 Å². The van der Waals surface area contributed by atoms with Gasteiger partial charge in [0, 0.05) is 19.3 Å². The van der Waals surface area contributed by atoms with E-state index in [1.807, 2.05) is 4.90 Å². The third kappa shape index (κ3) is 1.68. The van der Waals surface area contributed by atoms with E-state index in [9.17, 15) is 5.11 Å². The third-order valence-electron chi connectivity index (χ3n) is 2.38. The van der Waals surface area contributed by atoms with Crippen molar-refractivity contribution in [2.75, 3.05) is 18.0 Å². The maximum atomic E-state index is 9.36. The van der Waals surface area contributed by atoms with Crippen LogP contribution in [-0.4, -0.2) is 29.3 Å². The van der Waals surface area contributed by atoms with Crippen molar-refractivity contribution in [2.45, 2.75) is 12.5 Å². The van der Waals surface area contributed by atoms with Gasteiger partial charge in [-0.15, -0.1) is 0 Å². The van der Waals surface area contributed by atoms with E-state index < -0.39 is 0 Å². The third-order valence-corrected chi connectivity index (χ3v) is 2.38. The molecular formula is C10H11N3O. The second-order valence-corrected chi connectivity index (χ2v) is 3.43. The molecule has 4 heteroatoms. The van der Waals surface area contributed by atoms with E-state index in [0.29, 0.717) is 12.1 Å². The minimum atomic E-state index is -0.249. The number of pyridine rings is 1. The van der Waals surface area contributed by atoms with E-state index in [-0.39, 0.29) is 6.10 Å². The topological polar surface area (TPSA) is 60.2 Å². The number of hydrogen-bond donors (Lipinski definition) is 1. The molecule has 1 aromatic heterocycles. The first-order valence-corrected chi connectivity index (χ1v) is 4.58. The molecule has 1 atom stereocenters. The molecular weight excluding hydrogens is 178 g/mol. The Hall–Kier alpha value is -1.60. The molecule has 1 fully saturated rings. The van der Waals surface area contributed by atoms with Gasteiger partial charge in [0.25, 0.3) is 0 Å². The van der Waals surface area contributed by atoms with E-state index in [4.69, 9.17) is 5.26 Å². The van der Waals surface area contributed by atoms with Crippen LogP contribution in [0, 0.1) is 11.3 Å². The summed E-state index contributed by atoms with van der Waals surface area (Å²) in [6, 6.07) is 3.85. The standard InChI is InChI=1S/C10H11N3O/c11-4-8-3-9(6-12-5-8)13-2-1-10(14)7-13/h3,5-6,10,14H,1-2,7H2. The predicted octanol–water partition coefficient (Wildman–Crippen LogP) is 0.524. The van der Waals surface area contributed by atoms with Crippen LogP contribution in [0.4, 0.5) is 5.69 Å². The van der Waals surface area contributed by atoms with Crippen molar-refractivity contribution in [3.05, 3.63) is 24.0 Å². The lowest BCUT2D eigenvalue weighted by molar-refractivity contribution is 0.198. The van der Waals surface area contributed by atoms with Gasteiger partial charge in [-0.1, -0.05) is 0 Å². The molecule has 0 amide bonds. The maximum absolute atomic E-state index is 9.36. The molecule has 14 heavy (non-hydrogen) atoms. The van der Waals surface area contributed by atoms with Crippen LogP contribution in [0.25, 0.3) is 0 Å². The minimum Gasteiger partial charge on any atom is -0.391 e. The Morgan fingerprint density at radius 3 is 3.07 bits per heavy atom. The molecule has 0 bridgehead atoms. The van der Waals surface area contributed by atoms with Gasteiger partial charge in [-0.05, 0) is 12.5 Å². The smallest absolute Gasteiger partial charge is 0.101 e. The molecule has 4 nitrogen and oxygen atoms in total. The Morgan fingerprint density at radius 1 is 1.57 bits per heavy atom. The Bertz CT molecular complexity index is 372. The number of aliphatic hydroxyl groups excluding tert-OH is 1. The molecule has 0 spiro atoms. The molecule has 2 rings (SSSR count). The molecule has 0 aromatic carbocycles. The van der Waals surface area contributed by atoms with E-state index in [0.717, 1.165) is 18.7 Å². The summed E-state index contributed by atoms with van der Waals surface area (Å²) in [6.45, 7) is 1.47. The van der Waals surface area contributed by atoms with Crippen LogP contribution in [0.1, 0.15) is 12.0 Å². The zero-order valence-electron chi connectivity index (χ0n) is 7.72. The van der Waals surface area contributed by atoms with Gasteiger partial charge in [0.05, 0.1) is 23.6 Å². The molecule has 2 heterocycles. The summed E-state index contributed by atoms with van der Waals surface area (Å²) in [5.41, 5.74) is 1.48. The van der Waals surface area contributed by atoms with Crippen LogP contribution in [-0.2, 0) is 0 Å². The Balaban J connectivity index is 2.20. The van der Waals surface area contributed by atoms with Gasteiger partial charge in [-0.2, -0.15) is 5.26 Å². The number of aromatic nitrogens is 1. The van der Waals surface area contributed by atoms with Gasteiger partial charge in [-0.25, -0.2) is 0 Å². The maximum Gasteiger partial charge on any atom is 0.101 e. The van der Waals surface area contributed by atoms with Gasteiger partial charge in [0.15, 0.2) is 0 Å². The van der Waals surface area contributed by atoms with Crippen molar-refractivity contribution in [3.63, 3.8) is 0 Å². The van der Waals surface area contributed by atoms with E-state index in [1.54, 1.807) is 12.3 Å². The first-order valence-electron chi connectivity index (χ1n) is 4.58. The van der Waals surface area contributed by atoms with Crippen molar-refractivity contribution in [3.8, 4) is 6.07 Å². The highest BCUT2D eigenvalue weighted by Crippen LogP contribution is 2.19. The number of nitrogens with zero attached hydrogens (tertiary/aromatic N) is 3. The van der Waals surface area contributed by atoms with Gasteiger partial charge in [0.2, 0.25) is 0 Å². The summed E-state index contributed by atoms with van der Waals surface area (Å²) in [4.78, 5) is 6.02. The number of anilines is 1. The van der Waals surface area contributed by atoms with Crippen LogP contribution in [0.15, 0.2) is 18.5 Å². The fourth-order valence-electron chi connectivity index (χ4n) is 1.64. The fraction of sp³-hybridized carbons (Fsp3) is 0.400. The molecule has 1 aliphatic rings. The van der Waals surface area contributed by atoms with Crippen LogP contribution in [0.5, 0.6) is 0 Å². The highest BCUT2D eigenvalue weighted by atomic mass is 16.3. The van der Waals surface area contributed by atoms with E-state index in [1.165, 1.54) is 6.20 Å². The van der Waals surface area contributed by atoms with E-state index in [2.05, 4.69) is 11.1 Å². The SMILES string of the molecule is N#Cc1cncc(N2CCC(O)C2)c1. The van der Waals surface area contributed by atoms with Crippen molar-refractivity contribution >= 4 is 5.69 Å². The fourth-order valence-corrected chi connectivity index (χ4v) is 1.64. The number of β-amino-alcohol motifs (C(OH)–C–C–N with tert-alkyl or cyclic N) is 1. The Kier molecular flexibility index (Phi) is 2.33.